The Hall–Kier alpha value is -0.220. The highest BCUT2D eigenvalue weighted by Gasteiger charge is 1.96. The van der Waals surface area contributed by atoms with Crippen LogP contribution >= 0.6 is 12.0 Å². The highest BCUT2D eigenvalue weighted by Crippen LogP contribution is 2.05. The Balaban J connectivity index is 2.84. The third-order valence-electron chi connectivity index (χ3n) is 0.961. The molecule has 1 N–H and O–H groups in total. The summed E-state index contributed by atoms with van der Waals surface area (Å²) in [5, 5.41) is 7.13. The summed E-state index contributed by atoms with van der Waals surface area (Å²) < 4.78 is 4.71. The molecule has 0 spiro atoms. The maximum atomic E-state index is 9.87. The van der Waals surface area contributed by atoms with E-state index < -0.39 is 5.30 Å². The molecule has 3 nitrogen and oxygen atoms in total. The van der Waals surface area contributed by atoms with E-state index in [4.69, 9.17) is 9.29 Å². The first kappa shape index (κ1) is 9.78. The van der Waals surface area contributed by atoms with Crippen molar-refractivity contribution in [2.75, 3.05) is 6.61 Å². The Bertz CT molecular complexity index is 95.0. The first-order valence-corrected chi connectivity index (χ1v) is 4.04. The van der Waals surface area contributed by atoms with Crippen LogP contribution in [0.25, 0.3) is 0 Å². The Morgan fingerprint density at radius 1 is 1.60 bits per heavy atom. The Labute approximate surface area is 65.0 Å². The lowest BCUT2D eigenvalue weighted by molar-refractivity contribution is 0.218. The molecule has 0 fully saturated rings. The molecule has 0 saturated carbocycles. The van der Waals surface area contributed by atoms with E-state index in [9.17, 15) is 4.79 Å². The third kappa shape index (κ3) is 7.78. The highest BCUT2D eigenvalue weighted by atomic mass is 32.2. The van der Waals surface area contributed by atoms with Gasteiger partial charge in [-0.25, -0.2) is 4.79 Å². The molecule has 0 aromatic rings. The zero-order valence-corrected chi connectivity index (χ0v) is 6.82. The maximum absolute atomic E-state index is 9.87. The lowest BCUT2D eigenvalue weighted by atomic mass is 10.3. The lowest BCUT2D eigenvalue weighted by Crippen LogP contribution is -1.90. The smallest absolute Gasteiger partial charge is 0.392 e. The zero-order valence-electron chi connectivity index (χ0n) is 6.00. The van der Waals surface area contributed by atoms with Crippen LogP contribution in [-0.4, -0.2) is 17.0 Å². The number of hydrogen-bond donors (Lipinski definition) is 1. The second-order valence-corrected chi connectivity index (χ2v) is 2.63. The van der Waals surface area contributed by atoms with E-state index >= 15 is 0 Å². The molecule has 0 heterocycles. The molecule has 0 rings (SSSR count). The van der Waals surface area contributed by atoms with Crippen molar-refractivity contribution < 1.29 is 14.1 Å². The number of carboxylic acid groups (broad SMARTS) is 1. The fraction of sp³-hybridized carbons (Fsp3) is 0.833. The summed E-state index contributed by atoms with van der Waals surface area (Å²) in [6, 6.07) is 0. The third-order valence-corrected chi connectivity index (χ3v) is 1.39. The van der Waals surface area contributed by atoms with E-state index in [1.165, 1.54) is 0 Å². The van der Waals surface area contributed by atoms with E-state index in [1.54, 1.807) is 0 Å². The quantitative estimate of drug-likeness (QED) is 0.501. The van der Waals surface area contributed by atoms with Gasteiger partial charge in [0.25, 0.3) is 0 Å². The van der Waals surface area contributed by atoms with Gasteiger partial charge >= 0.3 is 5.30 Å². The molecule has 0 aromatic carbocycles. The van der Waals surface area contributed by atoms with Crippen molar-refractivity contribution in [2.45, 2.75) is 26.2 Å². The van der Waals surface area contributed by atoms with Crippen molar-refractivity contribution in [3.8, 4) is 0 Å². The summed E-state index contributed by atoms with van der Waals surface area (Å²) in [6.07, 6.45) is 3.16. The van der Waals surface area contributed by atoms with Crippen molar-refractivity contribution in [2.24, 2.45) is 0 Å². The summed E-state index contributed by atoms with van der Waals surface area (Å²) in [4.78, 5) is 9.87. The predicted molar refractivity (Wildman–Crippen MR) is 41.1 cm³/mol. The fourth-order valence-corrected chi connectivity index (χ4v) is 0.805. The van der Waals surface area contributed by atoms with E-state index in [-0.39, 0.29) is 0 Å². The molecule has 0 radical (unpaired) electrons. The predicted octanol–water partition coefficient (Wildman–Crippen LogP) is 2.52. The first-order chi connectivity index (χ1) is 4.77. The van der Waals surface area contributed by atoms with Gasteiger partial charge < -0.3 is 9.29 Å². The van der Waals surface area contributed by atoms with Crippen LogP contribution in [0, 0.1) is 0 Å². The van der Waals surface area contributed by atoms with Gasteiger partial charge in [0.05, 0.1) is 6.61 Å². The molecule has 0 aliphatic heterocycles. The maximum Gasteiger partial charge on any atom is 0.392 e. The van der Waals surface area contributed by atoms with Gasteiger partial charge in [0.15, 0.2) is 0 Å². The van der Waals surface area contributed by atoms with Gasteiger partial charge in [0.1, 0.15) is 12.0 Å². The lowest BCUT2D eigenvalue weighted by Gasteiger charge is -1.96. The van der Waals surface area contributed by atoms with Crippen molar-refractivity contribution in [1.82, 2.24) is 0 Å². The number of hydrogen-bond acceptors (Lipinski definition) is 3. The van der Waals surface area contributed by atoms with Gasteiger partial charge in [-0.05, 0) is 6.42 Å². The molecule has 0 unspecified atom stereocenters. The summed E-state index contributed by atoms with van der Waals surface area (Å²) in [5.74, 6) is 0. The SMILES string of the molecule is CCCCCOSC(=O)O. The van der Waals surface area contributed by atoms with Crippen LogP contribution in [0.15, 0.2) is 0 Å². The average molecular weight is 164 g/mol. The van der Waals surface area contributed by atoms with Gasteiger partial charge in [-0.15, -0.1) is 0 Å². The molecule has 0 saturated heterocycles. The van der Waals surface area contributed by atoms with Gasteiger partial charge in [0.2, 0.25) is 0 Å². The summed E-state index contributed by atoms with van der Waals surface area (Å²) in [6.45, 7) is 2.62. The molecule has 4 heteroatoms. The Kier molecular flexibility index (Phi) is 6.74. The first-order valence-electron chi connectivity index (χ1n) is 3.29. The zero-order chi connectivity index (χ0) is 7.82. The molecule has 0 atom stereocenters. The summed E-state index contributed by atoms with van der Waals surface area (Å²) >= 11 is 0.498. The molecular weight excluding hydrogens is 152 g/mol. The minimum absolute atomic E-state index is 0.498. The molecule has 0 aromatic heterocycles. The summed E-state index contributed by atoms with van der Waals surface area (Å²) in [5.41, 5.74) is 0. The molecular formula is C6H12O3S. The van der Waals surface area contributed by atoms with Crippen LogP contribution in [0.5, 0.6) is 0 Å². The van der Waals surface area contributed by atoms with Gasteiger partial charge in [0, 0.05) is 0 Å². The van der Waals surface area contributed by atoms with Crippen molar-refractivity contribution in [3.63, 3.8) is 0 Å². The number of carbonyl (C=O) groups is 1. The number of unbranched alkanes of at least 4 members (excludes halogenated alkanes) is 2. The second-order valence-electron chi connectivity index (χ2n) is 1.88. The van der Waals surface area contributed by atoms with E-state index in [0.29, 0.717) is 18.6 Å². The molecule has 0 bridgehead atoms. The standard InChI is InChI=1S/C6H12O3S/c1-2-3-4-5-9-10-6(7)8/h2-5H2,1H3,(H,7,8). The molecule has 0 aliphatic rings. The van der Waals surface area contributed by atoms with Gasteiger partial charge in [-0.2, -0.15) is 0 Å². The van der Waals surface area contributed by atoms with Crippen LogP contribution in [0.3, 0.4) is 0 Å². The molecule has 10 heavy (non-hydrogen) atoms. The van der Waals surface area contributed by atoms with Gasteiger partial charge in [-0.3, -0.25) is 0 Å². The molecule has 60 valence electrons. The van der Waals surface area contributed by atoms with E-state index in [1.807, 2.05) is 0 Å². The van der Waals surface area contributed by atoms with Crippen LogP contribution in [0.1, 0.15) is 26.2 Å². The van der Waals surface area contributed by atoms with Gasteiger partial charge in [-0.1, -0.05) is 19.8 Å². The van der Waals surface area contributed by atoms with Crippen LogP contribution in [0.4, 0.5) is 4.79 Å². The minimum atomic E-state index is -0.975. The Morgan fingerprint density at radius 3 is 2.80 bits per heavy atom. The Morgan fingerprint density at radius 2 is 2.30 bits per heavy atom. The van der Waals surface area contributed by atoms with Crippen molar-refractivity contribution in [3.05, 3.63) is 0 Å². The highest BCUT2D eigenvalue weighted by molar-refractivity contribution is 8.09. The topological polar surface area (TPSA) is 46.5 Å². The van der Waals surface area contributed by atoms with Crippen LogP contribution in [-0.2, 0) is 4.18 Å². The molecule has 0 amide bonds. The second kappa shape index (κ2) is 6.89. The normalized spacial score (nSPS) is 9.70. The monoisotopic (exact) mass is 164 g/mol. The van der Waals surface area contributed by atoms with Crippen LogP contribution < -0.4 is 0 Å². The summed E-state index contributed by atoms with van der Waals surface area (Å²) in [7, 11) is 0. The van der Waals surface area contributed by atoms with Crippen molar-refractivity contribution >= 4 is 17.3 Å². The van der Waals surface area contributed by atoms with E-state index in [0.717, 1.165) is 19.3 Å². The van der Waals surface area contributed by atoms with Crippen molar-refractivity contribution in [1.29, 1.82) is 0 Å². The fourth-order valence-electron chi connectivity index (χ4n) is 0.503. The minimum Gasteiger partial charge on any atom is -0.472 e. The largest absolute Gasteiger partial charge is 0.472 e. The van der Waals surface area contributed by atoms with E-state index in [2.05, 4.69) is 6.92 Å². The molecule has 0 aliphatic carbocycles. The van der Waals surface area contributed by atoms with Crippen LogP contribution in [0.2, 0.25) is 0 Å². The average Bonchev–Trinajstić information content (AvgIpc) is 1.87. The number of rotatable bonds is 5.